The van der Waals surface area contributed by atoms with E-state index in [1.165, 1.54) is 8.61 Å². The van der Waals surface area contributed by atoms with Gasteiger partial charge in [-0.2, -0.15) is 17.0 Å². The second kappa shape index (κ2) is 8.77. The van der Waals surface area contributed by atoms with Crippen LogP contribution >= 0.6 is 12.4 Å². The van der Waals surface area contributed by atoms with Gasteiger partial charge in [0.2, 0.25) is 5.91 Å². The van der Waals surface area contributed by atoms with Crippen LogP contribution in [0.3, 0.4) is 0 Å². The van der Waals surface area contributed by atoms with Crippen LogP contribution < -0.4 is 5.32 Å². The molecule has 0 saturated carbocycles. The van der Waals surface area contributed by atoms with E-state index in [0.717, 1.165) is 19.4 Å². The van der Waals surface area contributed by atoms with E-state index in [1.807, 2.05) is 0 Å². The molecule has 1 atom stereocenters. The van der Waals surface area contributed by atoms with Crippen LogP contribution in [0.25, 0.3) is 0 Å². The SMILES string of the molecule is Cl.O=C(CC1CCCN1)N1CCN(S(=O)(=O)N2CCOCC2)CC1. The number of nitrogens with one attached hydrogen (secondary N) is 1. The molecule has 3 heterocycles. The normalized spacial score (nSPS) is 27.0. The highest BCUT2D eigenvalue weighted by Crippen LogP contribution is 2.16. The molecule has 0 aromatic carbocycles. The summed E-state index contributed by atoms with van der Waals surface area (Å²) in [5.41, 5.74) is 0. The maximum atomic E-state index is 12.6. The summed E-state index contributed by atoms with van der Waals surface area (Å²) in [7, 11) is -3.42. The average Bonchev–Trinajstić information content (AvgIpc) is 3.09. The minimum Gasteiger partial charge on any atom is -0.379 e. The van der Waals surface area contributed by atoms with Crippen LogP contribution in [0, 0.1) is 0 Å². The summed E-state index contributed by atoms with van der Waals surface area (Å²) < 4.78 is 33.3. The zero-order valence-electron chi connectivity index (χ0n) is 13.9. The maximum absolute atomic E-state index is 12.6. The lowest BCUT2D eigenvalue weighted by Crippen LogP contribution is -2.56. The topological polar surface area (TPSA) is 82.2 Å². The van der Waals surface area contributed by atoms with Crippen molar-refractivity contribution in [2.75, 3.05) is 59.0 Å². The summed E-state index contributed by atoms with van der Waals surface area (Å²) in [5, 5.41) is 3.33. The van der Waals surface area contributed by atoms with Gasteiger partial charge in [0.15, 0.2) is 0 Å². The lowest BCUT2D eigenvalue weighted by molar-refractivity contribution is -0.132. The Balaban J connectivity index is 0.00000208. The molecule has 10 heteroatoms. The van der Waals surface area contributed by atoms with E-state index in [1.54, 1.807) is 4.90 Å². The number of hydrogen-bond acceptors (Lipinski definition) is 5. The monoisotopic (exact) mass is 382 g/mol. The molecule has 0 aliphatic carbocycles. The van der Waals surface area contributed by atoms with Crippen LogP contribution in [-0.2, 0) is 19.7 Å². The maximum Gasteiger partial charge on any atom is 0.282 e. The molecular formula is C14H27ClN4O4S. The average molecular weight is 383 g/mol. The van der Waals surface area contributed by atoms with Crippen molar-refractivity contribution in [3.05, 3.63) is 0 Å². The molecule has 8 nitrogen and oxygen atoms in total. The fraction of sp³-hybridized carbons (Fsp3) is 0.929. The van der Waals surface area contributed by atoms with Crippen molar-refractivity contribution in [2.24, 2.45) is 0 Å². The lowest BCUT2D eigenvalue weighted by atomic mass is 10.1. The van der Waals surface area contributed by atoms with Gasteiger partial charge < -0.3 is 15.0 Å². The van der Waals surface area contributed by atoms with Gasteiger partial charge in [0.1, 0.15) is 0 Å². The first-order valence-corrected chi connectivity index (χ1v) is 9.81. The zero-order chi connectivity index (χ0) is 16.3. The van der Waals surface area contributed by atoms with Gasteiger partial charge in [-0.25, -0.2) is 0 Å². The largest absolute Gasteiger partial charge is 0.379 e. The molecule has 3 rings (SSSR count). The summed E-state index contributed by atoms with van der Waals surface area (Å²) in [6, 6.07) is 0.289. The molecule has 0 aromatic rings. The second-order valence-electron chi connectivity index (χ2n) is 6.30. The van der Waals surface area contributed by atoms with E-state index in [-0.39, 0.29) is 24.4 Å². The van der Waals surface area contributed by atoms with Crippen LogP contribution in [0.2, 0.25) is 0 Å². The minimum atomic E-state index is -3.42. The number of carbonyl (C=O) groups is 1. The number of hydrogen-bond donors (Lipinski definition) is 1. The number of rotatable bonds is 4. The van der Waals surface area contributed by atoms with Crippen molar-refractivity contribution in [1.82, 2.24) is 18.8 Å². The van der Waals surface area contributed by atoms with E-state index in [0.29, 0.717) is 58.9 Å². The molecule has 1 N–H and O–H groups in total. The highest BCUT2D eigenvalue weighted by molar-refractivity contribution is 7.86. The van der Waals surface area contributed by atoms with Crippen LogP contribution in [0.15, 0.2) is 0 Å². The Morgan fingerprint density at radius 1 is 1.04 bits per heavy atom. The van der Waals surface area contributed by atoms with Gasteiger partial charge in [0, 0.05) is 51.7 Å². The van der Waals surface area contributed by atoms with E-state index in [4.69, 9.17) is 4.74 Å². The van der Waals surface area contributed by atoms with E-state index in [9.17, 15) is 13.2 Å². The highest BCUT2D eigenvalue weighted by Gasteiger charge is 2.34. The number of carbonyl (C=O) groups excluding carboxylic acids is 1. The Kier molecular flexibility index (Phi) is 7.26. The Morgan fingerprint density at radius 2 is 1.67 bits per heavy atom. The Bertz CT molecular complexity index is 513. The minimum absolute atomic E-state index is 0. The number of amides is 1. The molecule has 24 heavy (non-hydrogen) atoms. The second-order valence-corrected chi connectivity index (χ2v) is 8.22. The van der Waals surface area contributed by atoms with Crippen LogP contribution in [0.4, 0.5) is 0 Å². The Labute approximate surface area is 150 Å². The Hall–Kier alpha value is -0.450. The molecule has 3 aliphatic heterocycles. The molecule has 0 radical (unpaired) electrons. The summed E-state index contributed by atoms with van der Waals surface area (Å²) in [5.74, 6) is 0.132. The molecule has 140 valence electrons. The standard InChI is InChI=1S/C14H26N4O4S.ClH/c19-14(12-13-2-1-3-15-13)16-4-6-17(7-5-16)23(20,21)18-8-10-22-11-9-18;/h13,15H,1-12H2;1H. The number of nitrogens with zero attached hydrogens (tertiary/aromatic N) is 3. The molecule has 3 saturated heterocycles. The third-order valence-electron chi connectivity index (χ3n) is 4.80. The van der Waals surface area contributed by atoms with Gasteiger partial charge >= 0.3 is 0 Å². The fourth-order valence-corrected chi connectivity index (χ4v) is 4.94. The van der Waals surface area contributed by atoms with Crippen LogP contribution in [-0.4, -0.2) is 92.9 Å². The predicted octanol–water partition coefficient (Wildman–Crippen LogP) is -0.728. The van der Waals surface area contributed by atoms with E-state index < -0.39 is 10.2 Å². The fourth-order valence-electron chi connectivity index (χ4n) is 3.38. The van der Waals surface area contributed by atoms with Crippen molar-refractivity contribution in [2.45, 2.75) is 25.3 Å². The van der Waals surface area contributed by atoms with Crippen molar-refractivity contribution in [1.29, 1.82) is 0 Å². The van der Waals surface area contributed by atoms with Gasteiger partial charge in [-0.3, -0.25) is 4.79 Å². The molecule has 1 unspecified atom stereocenters. The third-order valence-corrected chi connectivity index (χ3v) is 6.83. The first-order chi connectivity index (χ1) is 11.1. The van der Waals surface area contributed by atoms with Crippen molar-refractivity contribution in [3.63, 3.8) is 0 Å². The summed E-state index contributed by atoms with van der Waals surface area (Å²) in [6.45, 7) is 4.43. The first-order valence-electron chi connectivity index (χ1n) is 8.41. The number of ether oxygens (including phenoxy) is 1. The number of halogens is 1. The van der Waals surface area contributed by atoms with Crippen molar-refractivity contribution >= 4 is 28.5 Å². The number of morpholine rings is 1. The molecule has 0 bridgehead atoms. The van der Waals surface area contributed by atoms with Gasteiger partial charge in [0.25, 0.3) is 10.2 Å². The quantitative estimate of drug-likeness (QED) is 0.693. The van der Waals surface area contributed by atoms with Gasteiger partial charge in [-0.15, -0.1) is 12.4 Å². The van der Waals surface area contributed by atoms with E-state index >= 15 is 0 Å². The molecule has 0 spiro atoms. The van der Waals surface area contributed by atoms with Gasteiger partial charge in [-0.1, -0.05) is 0 Å². The van der Waals surface area contributed by atoms with E-state index in [2.05, 4.69) is 5.32 Å². The highest BCUT2D eigenvalue weighted by atomic mass is 35.5. The van der Waals surface area contributed by atoms with Crippen molar-refractivity contribution in [3.8, 4) is 0 Å². The number of piperazine rings is 1. The molecule has 1 amide bonds. The molecule has 3 aliphatic rings. The lowest BCUT2D eigenvalue weighted by Gasteiger charge is -2.37. The third kappa shape index (κ3) is 4.59. The first kappa shape index (κ1) is 19.9. The summed E-state index contributed by atoms with van der Waals surface area (Å²) >= 11 is 0. The smallest absolute Gasteiger partial charge is 0.282 e. The van der Waals surface area contributed by atoms with Crippen molar-refractivity contribution < 1.29 is 17.9 Å². The van der Waals surface area contributed by atoms with Crippen LogP contribution in [0.1, 0.15) is 19.3 Å². The van der Waals surface area contributed by atoms with Gasteiger partial charge in [0.05, 0.1) is 13.2 Å². The molecule has 0 aromatic heterocycles. The van der Waals surface area contributed by atoms with Crippen LogP contribution in [0.5, 0.6) is 0 Å². The Morgan fingerprint density at radius 3 is 2.25 bits per heavy atom. The summed E-state index contributed by atoms with van der Waals surface area (Å²) in [6.07, 6.45) is 2.71. The molecular weight excluding hydrogens is 356 g/mol. The summed E-state index contributed by atoms with van der Waals surface area (Å²) in [4.78, 5) is 14.1. The predicted molar refractivity (Wildman–Crippen MR) is 92.4 cm³/mol. The zero-order valence-corrected chi connectivity index (χ0v) is 15.5. The van der Waals surface area contributed by atoms with Gasteiger partial charge in [-0.05, 0) is 19.4 Å². The molecule has 3 fully saturated rings.